The van der Waals surface area contributed by atoms with E-state index in [2.05, 4.69) is 51.6 Å². The monoisotopic (exact) mass is 458 g/mol. The molecule has 2 rings (SSSR count). The van der Waals surface area contributed by atoms with Crippen LogP contribution in [0, 0.1) is 5.92 Å². The zero-order valence-electron chi connectivity index (χ0n) is 15.3. The molecule has 0 aliphatic carbocycles. The van der Waals surface area contributed by atoms with Crippen LogP contribution in [0.3, 0.4) is 0 Å². The summed E-state index contributed by atoms with van der Waals surface area (Å²) in [7, 11) is 3.40. The van der Waals surface area contributed by atoms with Gasteiger partial charge in [0, 0.05) is 18.7 Å². The molecule has 0 aliphatic heterocycles. The van der Waals surface area contributed by atoms with Crippen LogP contribution < -0.4 is 15.4 Å². The van der Waals surface area contributed by atoms with E-state index in [1.807, 2.05) is 24.3 Å². The number of nitrogens with one attached hydrogen (secondary N) is 3. The molecule has 3 N–H and O–H groups in total. The summed E-state index contributed by atoms with van der Waals surface area (Å²) in [5.74, 6) is 3.49. The Morgan fingerprint density at radius 3 is 2.48 bits per heavy atom. The summed E-state index contributed by atoms with van der Waals surface area (Å²) in [4.78, 5) is 8.73. The van der Waals surface area contributed by atoms with Gasteiger partial charge in [-0.25, -0.2) is 4.98 Å². The molecule has 138 valence electrons. The Hall–Kier alpha value is -1.84. The predicted octanol–water partition coefficient (Wildman–Crippen LogP) is 2.81. The van der Waals surface area contributed by atoms with E-state index in [1.54, 1.807) is 14.2 Å². The van der Waals surface area contributed by atoms with Gasteiger partial charge in [-0.3, -0.25) is 10.1 Å². The highest BCUT2D eigenvalue weighted by Crippen LogP contribution is 2.18. The number of nitrogens with zero attached hydrogens (tertiary/aromatic N) is 3. The molecule has 0 fully saturated rings. The molecule has 1 aromatic heterocycles. The third kappa shape index (κ3) is 6.18. The molecule has 0 saturated carbocycles. The van der Waals surface area contributed by atoms with E-state index >= 15 is 0 Å². The molecule has 7 nitrogen and oxygen atoms in total. The van der Waals surface area contributed by atoms with Crippen LogP contribution in [0.25, 0.3) is 11.4 Å². The van der Waals surface area contributed by atoms with Crippen LogP contribution in [0.1, 0.15) is 26.6 Å². The van der Waals surface area contributed by atoms with Gasteiger partial charge in [0.1, 0.15) is 11.6 Å². The van der Waals surface area contributed by atoms with E-state index in [4.69, 9.17) is 4.74 Å². The van der Waals surface area contributed by atoms with Crippen molar-refractivity contribution in [2.45, 2.75) is 33.4 Å². The van der Waals surface area contributed by atoms with Gasteiger partial charge < -0.3 is 15.4 Å². The second-order valence-electron chi connectivity index (χ2n) is 5.94. The standard InChI is InChI=1S/C17H26N6O.HI/c1-11(2)12(3)20-17(18-4)19-10-15-21-16(23-22-15)13-6-8-14(24-5)9-7-13;/h6-9,11-12H,10H2,1-5H3,(H2,18,19,20)(H,21,22,23);1H. The third-order valence-electron chi connectivity index (χ3n) is 3.89. The summed E-state index contributed by atoms with van der Waals surface area (Å²) in [6.45, 7) is 6.99. The molecule has 1 heterocycles. The minimum Gasteiger partial charge on any atom is -0.497 e. The van der Waals surface area contributed by atoms with Gasteiger partial charge in [0.25, 0.3) is 0 Å². The van der Waals surface area contributed by atoms with Crippen LogP contribution >= 0.6 is 24.0 Å². The summed E-state index contributed by atoms with van der Waals surface area (Å²) in [5, 5.41) is 13.8. The molecule has 0 aliphatic rings. The number of benzene rings is 1. The first-order valence-electron chi connectivity index (χ1n) is 8.06. The Labute approximate surface area is 166 Å². The van der Waals surface area contributed by atoms with Crippen LogP contribution in [0.4, 0.5) is 0 Å². The van der Waals surface area contributed by atoms with Gasteiger partial charge >= 0.3 is 0 Å². The second kappa shape index (κ2) is 10.2. The number of guanidine groups is 1. The first kappa shape index (κ1) is 21.2. The highest BCUT2D eigenvalue weighted by molar-refractivity contribution is 14.0. The Morgan fingerprint density at radius 2 is 1.92 bits per heavy atom. The zero-order valence-corrected chi connectivity index (χ0v) is 17.7. The van der Waals surface area contributed by atoms with Crippen LogP contribution in [-0.4, -0.2) is 41.3 Å². The molecule has 0 amide bonds. The fourth-order valence-electron chi connectivity index (χ4n) is 1.99. The lowest BCUT2D eigenvalue weighted by atomic mass is 10.1. The van der Waals surface area contributed by atoms with Crippen molar-refractivity contribution < 1.29 is 4.74 Å². The number of methoxy groups -OCH3 is 1. The van der Waals surface area contributed by atoms with Crippen molar-refractivity contribution in [1.82, 2.24) is 25.8 Å². The Bertz CT molecular complexity index is 668. The SMILES string of the molecule is CN=C(NCc1nc(-c2ccc(OC)cc2)n[nH]1)NC(C)C(C)C.I. The van der Waals surface area contributed by atoms with Crippen molar-refractivity contribution in [1.29, 1.82) is 0 Å². The highest BCUT2D eigenvalue weighted by Gasteiger charge is 2.10. The van der Waals surface area contributed by atoms with Crippen molar-refractivity contribution in [3.05, 3.63) is 30.1 Å². The number of hydrogen-bond donors (Lipinski definition) is 3. The van der Waals surface area contributed by atoms with Gasteiger partial charge in [-0.1, -0.05) is 13.8 Å². The lowest BCUT2D eigenvalue weighted by Crippen LogP contribution is -2.44. The van der Waals surface area contributed by atoms with Gasteiger partial charge in [0.2, 0.25) is 0 Å². The molecule has 1 unspecified atom stereocenters. The number of halogens is 1. The quantitative estimate of drug-likeness (QED) is 0.352. The van der Waals surface area contributed by atoms with Crippen LogP contribution in [0.15, 0.2) is 29.3 Å². The van der Waals surface area contributed by atoms with Gasteiger partial charge in [0.15, 0.2) is 11.8 Å². The molecule has 0 spiro atoms. The third-order valence-corrected chi connectivity index (χ3v) is 3.89. The first-order valence-corrected chi connectivity index (χ1v) is 8.06. The lowest BCUT2D eigenvalue weighted by molar-refractivity contribution is 0.415. The van der Waals surface area contributed by atoms with Gasteiger partial charge in [-0.15, -0.1) is 24.0 Å². The lowest BCUT2D eigenvalue weighted by Gasteiger charge is -2.20. The predicted molar refractivity (Wildman–Crippen MR) is 111 cm³/mol. The van der Waals surface area contributed by atoms with Gasteiger partial charge in [0.05, 0.1) is 13.7 Å². The maximum absolute atomic E-state index is 5.16. The Morgan fingerprint density at radius 1 is 1.24 bits per heavy atom. The Balaban J connectivity index is 0.00000312. The van der Waals surface area contributed by atoms with Gasteiger partial charge in [-0.2, -0.15) is 5.10 Å². The number of aliphatic imine (C=N–C) groups is 1. The van der Waals surface area contributed by atoms with E-state index < -0.39 is 0 Å². The van der Waals surface area contributed by atoms with Crippen molar-refractivity contribution in [3.8, 4) is 17.1 Å². The highest BCUT2D eigenvalue weighted by atomic mass is 127. The number of rotatable bonds is 6. The van der Waals surface area contributed by atoms with Gasteiger partial charge in [-0.05, 0) is 37.1 Å². The summed E-state index contributed by atoms with van der Waals surface area (Å²) in [5.41, 5.74) is 0.939. The second-order valence-corrected chi connectivity index (χ2v) is 5.94. The smallest absolute Gasteiger partial charge is 0.191 e. The Kier molecular flexibility index (Phi) is 8.67. The molecule has 0 bridgehead atoms. The topological polar surface area (TPSA) is 87.2 Å². The molecule has 25 heavy (non-hydrogen) atoms. The average Bonchev–Trinajstić information content (AvgIpc) is 3.07. The number of aromatic amines is 1. The summed E-state index contributed by atoms with van der Waals surface area (Å²) in [6.07, 6.45) is 0. The fraction of sp³-hybridized carbons (Fsp3) is 0.471. The molecule has 0 radical (unpaired) electrons. The molecular formula is C17H27IN6O. The molecule has 1 atom stereocenters. The van der Waals surface area contributed by atoms with Crippen molar-refractivity contribution in [2.75, 3.05) is 14.2 Å². The number of ether oxygens (including phenoxy) is 1. The van der Waals surface area contributed by atoms with Crippen LogP contribution in [0.2, 0.25) is 0 Å². The number of H-pyrrole nitrogens is 1. The molecule has 8 heteroatoms. The maximum Gasteiger partial charge on any atom is 0.191 e. The van der Waals surface area contributed by atoms with E-state index in [9.17, 15) is 0 Å². The van der Waals surface area contributed by atoms with Crippen LogP contribution in [-0.2, 0) is 6.54 Å². The van der Waals surface area contributed by atoms with E-state index in [0.717, 1.165) is 23.1 Å². The fourth-order valence-corrected chi connectivity index (χ4v) is 1.99. The largest absolute Gasteiger partial charge is 0.497 e. The van der Waals surface area contributed by atoms with E-state index in [-0.39, 0.29) is 24.0 Å². The van der Waals surface area contributed by atoms with Crippen molar-refractivity contribution in [2.24, 2.45) is 10.9 Å². The normalized spacial score (nSPS) is 12.5. The zero-order chi connectivity index (χ0) is 17.5. The summed E-state index contributed by atoms with van der Waals surface area (Å²) in [6, 6.07) is 7.99. The summed E-state index contributed by atoms with van der Waals surface area (Å²) >= 11 is 0. The number of aromatic nitrogens is 3. The summed E-state index contributed by atoms with van der Waals surface area (Å²) < 4.78 is 5.16. The molecular weight excluding hydrogens is 431 g/mol. The molecule has 0 saturated heterocycles. The van der Waals surface area contributed by atoms with E-state index in [1.165, 1.54) is 0 Å². The first-order chi connectivity index (χ1) is 11.5. The molecule has 2 aromatic rings. The minimum atomic E-state index is 0. The van der Waals surface area contributed by atoms with Crippen LogP contribution in [0.5, 0.6) is 5.75 Å². The van der Waals surface area contributed by atoms with Crippen molar-refractivity contribution in [3.63, 3.8) is 0 Å². The molecule has 1 aromatic carbocycles. The van der Waals surface area contributed by atoms with Crippen molar-refractivity contribution >= 4 is 29.9 Å². The number of hydrogen-bond acceptors (Lipinski definition) is 4. The minimum absolute atomic E-state index is 0. The maximum atomic E-state index is 5.16. The van der Waals surface area contributed by atoms with E-state index in [0.29, 0.717) is 24.3 Å². The average molecular weight is 458 g/mol.